The van der Waals surface area contributed by atoms with Crippen molar-refractivity contribution in [3.63, 3.8) is 0 Å². The van der Waals surface area contributed by atoms with Crippen LogP contribution in [0.5, 0.6) is 0 Å². The first-order valence-corrected chi connectivity index (χ1v) is 7.13. The van der Waals surface area contributed by atoms with Gasteiger partial charge in [-0.3, -0.25) is 0 Å². The van der Waals surface area contributed by atoms with Gasteiger partial charge in [0.15, 0.2) is 0 Å². The van der Waals surface area contributed by atoms with Crippen LogP contribution < -0.4 is 10.6 Å². The Bertz CT molecular complexity index is 394. The van der Waals surface area contributed by atoms with Crippen molar-refractivity contribution in [2.24, 2.45) is 5.73 Å². The lowest BCUT2D eigenvalue weighted by Crippen LogP contribution is -2.35. The molecule has 0 radical (unpaired) electrons. The number of nitrogens with two attached hydrogens (primary N) is 1. The van der Waals surface area contributed by atoms with Crippen LogP contribution in [0.15, 0.2) is 18.2 Å². The molecule has 1 aromatic rings. The third kappa shape index (κ3) is 4.68. The second kappa shape index (κ2) is 7.73. The minimum Gasteiger partial charge on any atom is -0.383 e. The van der Waals surface area contributed by atoms with Gasteiger partial charge >= 0.3 is 0 Å². The lowest BCUT2D eigenvalue weighted by molar-refractivity contribution is 0.204. The highest BCUT2D eigenvalue weighted by molar-refractivity contribution is 6.31. The fourth-order valence-electron chi connectivity index (χ4n) is 2.19. The van der Waals surface area contributed by atoms with E-state index in [4.69, 9.17) is 22.1 Å². The van der Waals surface area contributed by atoms with E-state index in [1.165, 1.54) is 0 Å². The molecule has 1 unspecified atom stereocenters. The third-order valence-corrected chi connectivity index (χ3v) is 3.44. The van der Waals surface area contributed by atoms with E-state index >= 15 is 0 Å². The van der Waals surface area contributed by atoms with Crippen LogP contribution in [-0.4, -0.2) is 32.3 Å². The van der Waals surface area contributed by atoms with E-state index in [9.17, 15) is 0 Å². The average Bonchev–Trinajstić information content (AvgIpc) is 2.32. The quantitative estimate of drug-likeness (QED) is 0.836. The number of nitrogens with zero attached hydrogens (tertiary/aromatic N) is 1. The Morgan fingerprint density at radius 1 is 1.32 bits per heavy atom. The number of rotatable bonds is 7. The summed E-state index contributed by atoms with van der Waals surface area (Å²) in [6.45, 7) is 7.89. The predicted octanol–water partition coefficient (Wildman–Crippen LogP) is 3.09. The number of hydrogen-bond acceptors (Lipinski definition) is 3. The van der Waals surface area contributed by atoms with Gasteiger partial charge in [0, 0.05) is 36.4 Å². The Morgan fingerprint density at radius 2 is 2.00 bits per heavy atom. The molecule has 2 N–H and O–H groups in total. The van der Waals surface area contributed by atoms with Crippen molar-refractivity contribution in [1.82, 2.24) is 0 Å². The summed E-state index contributed by atoms with van der Waals surface area (Å²) in [5.41, 5.74) is 8.23. The summed E-state index contributed by atoms with van der Waals surface area (Å²) in [5, 5.41) is 0.790. The SMILES string of the molecule is COCCN(c1cccc(Cl)c1CC(C)N)C(C)C. The van der Waals surface area contributed by atoms with Gasteiger partial charge in [-0.2, -0.15) is 0 Å². The molecule has 0 bridgehead atoms. The second-order valence-electron chi connectivity index (χ2n) is 5.20. The van der Waals surface area contributed by atoms with E-state index in [2.05, 4.69) is 24.8 Å². The first-order chi connectivity index (χ1) is 8.97. The van der Waals surface area contributed by atoms with Crippen LogP contribution in [0, 0.1) is 0 Å². The van der Waals surface area contributed by atoms with Gasteiger partial charge in [0.2, 0.25) is 0 Å². The standard InChI is InChI=1S/C15H25ClN2O/c1-11(2)18(8-9-19-4)15-7-5-6-14(16)13(15)10-12(3)17/h5-7,11-12H,8-10,17H2,1-4H3. The molecule has 0 fully saturated rings. The number of ether oxygens (including phenoxy) is 1. The zero-order valence-electron chi connectivity index (χ0n) is 12.3. The van der Waals surface area contributed by atoms with Gasteiger partial charge in [-0.1, -0.05) is 17.7 Å². The van der Waals surface area contributed by atoms with Crippen molar-refractivity contribution in [2.45, 2.75) is 39.3 Å². The van der Waals surface area contributed by atoms with E-state index in [1.54, 1.807) is 7.11 Å². The molecule has 3 nitrogen and oxygen atoms in total. The Morgan fingerprint density at radius 3 is 2.53 bits per heavy atom. The Kier molecular flexibility index (Phi) is 6.63. The summed E-state index contributed by atoms with van der Waals surface area (Å²) in [6, 6.07) is 6.51. The molecule has 108 valence electrons. The number of halogens is 1. The van der Waals surface area contributed by atoms with Crippen molar-refractivity contribution < 1.29 is 4.74 Å². The fourth-order valence-corrected chi connectivity index (χ4v) is 2.43. The van der Waals surface area contributed by atoms with Crippen LogP contribution in [0.4, 0.5) is 5.69 Å². The minimum absolute atomic E-state index is 0.0927. The Balaban J connectivity index is 3.10. The highest BCUT2D eigenvalue weighted by Crippen LogP contribution is 2.29. The molecule has 0 heterocycles. The highest BCUT2D eigenvalue weighted by atomic mass is 35.5. The van der Waals surface area contributed by atoms with Crippen LogP contribution in [0.3, 0.4) is 0 Å². The number of benzene rings is 1. The van der Waals surface area contributed by atoms with Gasteiger partial charge in [-0.25, -0.2) is 0 Å². The van der Waals surface area contributed by atoms with Crippen molar-refractivity contribution in [3.8, 4) is 0 Å². The maximum Gasteiger partial charge on any atom is 0.0637 e. The van der Waals surface area contributed by atoms with E-state index in [0.29, 0.717) is 12.6 Å². The largest absolute Gasteiger partial charge is 0.383 e. The molecule has 19 heavy (non-hydrogen) atoms. The second-order valence-corrected chi connectivity index (χ2v) is 5.61. The Hall–Kier alpha value is -0.770. The Labute approximate surface area is 121 Å². The molecule has 0 aliphatic carbocycles. The summed E-state index contributed by atoms with van der Waals surface area (Å²) < 4.78 is 5.20. The van der Waals surface area contributed by atoms with Crippen LogP contribution in [-0.2, 0) is 11.2 Å². The molecule has 0 amide bonds. The first-order valence-electron chi connectivity index (χ1n) is 6.76. The zero-order valence-corrected chi connectivity index (χ0v) is 13.1. The van der Waals surface area contributed by atoms with E-state index in [-0.39, 0.29) is 6.04 Å². The molecule has 1 rings (SSSR count). The summed E-state index contributed by atoms with van der Waals surface area (Å²) in [7, 11) is 1.72. The molecule has 0 spiro atoms. The van der Waals surface area contributed by atoms with Gasteiger partial charge in [-0.05, 0) is 44.9 Å². The smallest absolute Gasteiger partial charge is 0.0637 e. The van der Waals surface area contributed by atoms with Crippen LogP contribution in [0.1, 0.15) is 26.3 Å². The zero-order chi connectivity index (χ0) is 14.4. The first kappa shape index (κ1) is 16.3. The van der Waals surface area contributed by atoms with Crippen LogP contribution in [0.25, 0.3) is 0 Å². The van der Waals surface area contributed by atoms with Crippen molar-refractivity contribution in [1.29, 1.82) is 0 Å². The van der Waals surface area contributed by atoms with Crippen molar-refractivity contribution >= 4 is 17.3 Å². The van der Waals surface area contributed by atoms with E-state index in [1.807, 2.05) is 19.1 Å². The average molecular weight is 285 g/mol. The predicted molar refractivity (Wildman–Crippen MR) is 83.2 cm³/mol. The summed E-state index contributed by atoms with van der Waals surface area (Å²) >= 11 is 6.34. The van der Waals surface area contributed by atoms with E-state index in [0.717, 1.165) is 29.2 Å². The summed E-state index contributed by atoms with van der Waals surface area (Å²) in [6.07, 6.45) is 0.783. The third-order valence-electron chi connectivity index (χ3n) is 3.09. The van der Waals surface area contributed by atoms with Gasteiger partial charge in [-0.15, -0.1) is 0 Å². The molecule has 0 aliphatic rings. The molecule has 1 aromatic carbocycles. The van der Waals surface area contributed by atoms with Gasteiger partial charge in [0.1, 0.15) is 0 Å². The monoisotopic (exact) mass is 284 g/mol. The van der Waals surface area contributed by atoms with Crippen molar-refractivity contribution in [2.75, 3.05) is 25.2 Å². The van der Waals surface area contributed by atoms with E-state index < -0.39 is 0 Å². The molecular weight excluding hydrogens is 260 g/mol. The topological polar surface area (TPSA) is 38.5 Å². The molecule has 0 saturated carbocycles. The van der Waals surface area contributed by atoms with Gasteiger partial charge in [0.25, 0.3) is 0 Å². The molecule has 1 atom stereocenters. The number of hydrogen-bond donors (Lipinski definition) is 1. The molecule has 0 aromatic heterocycles. The highest BCUT2D eigenvalue weighted by Gasteiger charge is 2.17. The molecule has 4 heteroatoms. The number of methoxy groups -OCH3 is 1. The molecule has 0 aliphatic heterocycles. The maximum absolute atomic E-state index is 6.34. The van der Waals surface area contributed by atoms with Crippen LogP contribution >= 0.6 is 11.6 Å². The van der Waals surface area contributed by atoms with Gasteiger partial charge in [0.05, 0.1) is 6.61 Å². The summed E-state index contributed by atoms with van der Waals surface area (Å²) in [5.74, 6) is 0. The summed E-state index contributed by atoms with van der Waals surface area (Å²) in [4.78, 5) is 2.31. The number of anilines is 1. The molecular formula is C15H25ClN2O. The lowest BCUT2D eigenvalue weighted by atomic mass is 10.0. The minimum atomic E-state index is 0.0927. The maximum atomic E-state index is 6.34. The lowest BCUT2D eigenvalue weighted by Gasteiger charge is -2.31. The van der Waals surface area contributed by atoms with Crippen molar-refractivity contribution in [3.05, 3.63) is 28.8 Å². The fraction of sp³-hybridized carbons (Fsp3) is 0.600. The van der Waals surface area contributed by atoms with Gasteiger partial charge < -0.3 is 15.4 Å². The molecule has 0 saturated heterocycles. The normalized spacial score (nSPS) is 12.8. The van der Waals surface area contributed by atoms with Crippen LogP contribution in [0.2, 0.25) is 5.02 Å².